The number of halogens is 1. The van der Waals surface area contributed by atoms with Gasteiger partial charge in [0.25, 0.3) is 11.5 Å². The number of benzene rings is 3. The van der Waals surface area contributed by atoms with E-state index in [4.69, 9.17) is 11.6 Å². The van der Waals surface area contributed by atoms with Crippen molar-refractivity contribution in [1.29, 1.82) is 0 Å². The predicted octanol–water partition coefficient (Wildman–Crippen LogP) is 4.98. The van der Waals surface area contributed by atoms with Crippen LogP contribution in [-0.4, -0.2) is 26.9 Å². The third-order valence-corrected chi connectivity index (χ3v) is 6.25. The van der Waals surface area contributed by atoms with Gasteiger partial charge in [-0.1, -0.05) is 71.4 Å². The van der Waals surface area contributed by atoms with E-state index in [1.165, 1.54) is 16.3 Å². The molecule has 0 radical (unpaired) electrons. The second-order valence-electron chi connectivity index (χ2n) is 7.39. The van der Waals surface area contributed by atoms with E-state index in [1.54, 1.807) is 25.1 Å². The fraction of sp³-hybridized carbons (Fsp3) is 0.120. The summed E-state index contributed by atoms with van der Waals surface area (Å²) in [7, 11) is 0. The van der Waals surface area contributed by atoms with Crippen LogP contribution in [0.4, 0.5) is 0 Å². The molecule has 0 aliphatic carbocycles. The van der Waals surface area contributed by atoms with E-state index < -0.39 is 0 Å². The number of rotatable bonds is 6. The second kappa shape index (κ2) is 10.0. The number of thioether (sulfide) groups is 1. The maximum atomic E-state index is 13.3. The summed E-state index contributed by atoms with van der Waals surface area (Å²) in [6.07, 6.45) is 0. The molecule has 0 aliphatic rings. The van der Waals surface area contributed by atoms with Crippen molar-refractivity contribution in [2.75, 3.05) is 5.75 Å². The Morgan fingerprint density at radius 2 is 1.76 bits per heavy atom. The molecule has 6 nitrogen and oxygen atoms in total. The monoisotopic (exact) mass is 476 g/mol. The average Bonchev–Trinajstić information content (AvgIpc) is 2.82. The maximum absolute atomic E-state index is 13.3. The van der Waals surface area contributed by atoms with Crippen molar-refractivity contribution in [3.8, 4) is 5.69 Å². The van der Waals surface area contributed by atoms with Gasteiger partial charge in [0.05, 0.1) is 28.1 Å². The molecule has 4 aromatic rings. The first kappa shape index (κ1) is 22.8. The van der Waals surface area contributed by atoms with Gasteiger partial charge in [-0.3, -0.25) is 14.2 Å². The topological polar surface area (TPSA) is 76.3 Å². The van der Waals surface area contributed by atoms with E-state index in [1.807, 2.05) is 61.5 Å². The summed E-state index contributed by atoms with van der Waals surface area (Å²) in [5.74, 6) is -0.278. The van der Waals surface area contributed by atoms with Crippen LogP contribution in [0.2, 0.25) is 5.02 Å². The summed E-state index contributed by atoms with van der Waals surface area (Å²) >= 11 is 7.36. The predicted molar refractivity (Wildman–Crippen MR) is 135 cm³/mol. The van der Waals surface area contributed by atoms with E-state index in [0.717, 1.165) is 11.1 Å². The standard InChI is InChI=1S/C25H21ClN4O2S/c1-16-11-13-18(14-12-16)30-24(32)20-8-4-6-10-22(20)27-25(30)33-15-23(31)29-28-17(2)19-7-3-5-9-21(19)26/h3-14H,15H2,1-2H3,(H,29,31). The van der Waals surface area contributed by atoms with E-state index >= 15 is 0 Å². The van der Waals surface area contributed by atoms with Gasteiger partial charge in [0.15, 0.2) is 5.16 Å². The summed E-state index contributed by atoms with van der Waals surface area (Å²) in [5, 5.41) is 5.67. The lowest BCUT2D eigenvalue weighted by Gasteiger charge is -2.13. The number of hydrogen-bond acceptors (Lipinski definition) is 5. The third kappa shape index (κ3) is 5.16. The van der Waals surface area contributed by atoms with Crippen molar-refractivity contribution in [2.24, 2.45) is 5.10 Å². The Morgan fingerprint density at radius 1 is 1.06 bits per heavy atom. The van der Waals surface area contributed by atoms with Crippen molar-refractivity contribution >= 4 is 45.9 Å². The van der Waals surface area contributed by atoms with Gasteiger partial charge in [-0.25, -0.2) is 10.4 Å². The molecule has 0 unspecified atom stereocenters. The number of amides is 1. The van der Waals surface area contributed by atoms with Gasteiger partial charge in [-0.2, -0.15) is 5.10 Å². The number of aryl methyl sites for hydroxylation is 1. The molecule has 0 atom stereocenters. The van der Waals surface area contributed by atoms with Crippen LogP contribution in [0, 0.1) is 6.92 Å². The van der Waals surface area contributed by atoms with Crippen LogP contribution in [0.5, 0.6) is 0 Å². The molecule has 1 amide bonds. The van der Waals surface area contributed by atoms with Crippen molar-refractivity contribution in [3.05, 3.63) is 99.3 Å². The van der Waals surface area contributed by atoms with Gasteiger partial charge in [-0.05, 0) is 44.2 Å². The van der Waals surface area contributed by atoms with Gasteiger partial charge in [0, 0.05) is 10.6 Å². The maximum Gasteiger partial charge on any atom is 0.266 e. The molecule has 0 saturated heterocycles. The zero-order valence-corrected chi connectivity index (χ0v) is 19.7. The Morgan fingerprint density at radius 3 is 2.52 bits per heavy atom. The number of carbonyl (C=O) groups excluding carboxylic acids is 1. The van der Waals surface area contributed by atoms with Gasteiger partial charge in [0.2, 0.25) is 0 Å². The number of carbonyl (C=O) groups is 1. The first-order valence-electron chi connectivity index (χ1n) is 10.2. The molecule has 1 N–H and O–H groups in total. The lowest BCUT2D eigenvalue weighted by atomic mass is 10.1. The molecule has 166 valence electrons. The summed E-state index contributed by atoms with van der Waals surface area (Å²) in [6, 6.07) is 22.1. The molecule has 1 aromatic heterocycles. The highest BCUT2D eigenvalue weighted by atomic mass is 35.5. The van der Waals surface area contributed by atoms with Crippen molar-refractivity contribution in [3.63, 3.8) is 0 Å². The van der Waals surface area contributed by atoms with Crippen LogP contribution >= 0.6 is 23.4 Å². The highest BCUT2D eigenvalue weighted by molar-refractivity contribution is 7.99. The fourth-order valence-electron chi connectivity index (χ4n) is 3.25. The average molecular weight is 477 g/mol. The minimum atomic E-state index is -0.315. The fourth-order valence-corrected chi connectivity index (χ4v) is 4.33. The van der Waals surface area contributed by atoms with Gasteiger partial charge in [-0.15, -0.1) is 0 Å². The van der Waals surface area contributed by atoms with Crippen LogP contribution in [0.25, 0.3) is 16.6 Å². The van der Waals surface area contributed by atoms with E-state index in [-0.39, 0.29) is 17.2 Å². The Kier molecular flexibility index (Phi) is 6.91. The molecule has 0 fully saturated rings. The second-order valence-corrected chi connectivity index (χ2v) is 8.74. The third-order valence-electron chi connectivity index (χ3n) is 4.98. The molecule has 0 saturated carbocycles. The first-order chi connectivity index (χ1) is 15.9. The van der Waals surface area contributed by atoms with E-state index in [9.17, 15) is 9.59 Å². The zero-order chi connectivity index (χ0) is 23.4. The molecule has 4 rings (SSSR count). The Hall–Kier alpha value is -3.42. The van der Waals surface area contributed by atoms with Crippen LogP contribution in [0.15, 0.2) is 87.8 Å². The minimum absolute atomic E-state index is 0.0376. The van der Waals surface area contributed by atoms with Gasteiger partial charge >= 0.3 is 0 Å². The van der Waals surface area contributed by atoms with Crippen molar-refractivity contribution < 1.29 is 4.79 Å². The molecule has 0 aliphatic heterocycles. The minimum Gasteiger partial charge on any atom is -0.272 e. The summed E-state index contributed by atoms with van der Waals surface area (Å²) in [6.45, 7) is 3.75. The Bertz CT molecular complexity index is 1410. The van der Waals surface area contributed by atoms with Crippen molar-refractivity contribution in [2.45, 2.75) is 19.0 Å². The first-order valence-corrected chi connectivity index (χ1v) is 11.6. The largest absolute Gasteiger partial charge is 0.272 e. The SMILES string of the molecule is CC(=NNC(=O)CSc1nc2ccccc2c(=O)n1-c1ccc(C)cc1)c1ccccc1Cl. The Labute approximate surface area is 200 Å². The molecule has 33 heavy (non-hydrogen) atoms. The number of fused-ring (bicyclic) bond motifs is 1. The van der Waals surface area contributed by atoms with Gasteiger partial charge < -0.3 is 0 Å². The van der Waals surface area contributed by atoms with Gasteiger partial charge in [0.1, 0.15) is 0 Å². The normalized spacial score (nSPS) is 11.5. The smallest absolute Gasteiger partial charge is 0.266 e. The van der Waals surface area contributed by atoms with Crippen LogP contribution in [0.1, 0.15) is 18.1 Å². The quantitative estimate of drug-likeness (QED) is 0.184. The number of hydrazone groups is 1. The van der Waals surface area contributed by atoms with Crippen LogP contribution in [-0.2, 0) is 4.79 Å². The van der Waals surface area contributed by atoms with Crippen LogP contribution in [0.3, 0.4) is 0 Å². The molecule has 8 heteroatoms. The van der Waals surface area contributed by atoms with Crippen molar-refractivity contribution in [1.82, 2.24) is 15.0 Å². The highest BCUT2D eigenvalue weighted by Gasteiger charge is 2.15. The summed E-state index contributed by atoms with van der Waals surface area (Å²) in [4.78, 5) is 30.4. The number of nitrogens with zero attached hydrogens (tertiary/aromatic N) is 3. The zero-order valence-electron chi connectivity index (χ0n) is 18.1. The lowest BCUT2D eigenvalue weighted by Crippen LogP contribution is -2.24. The lowest BCUT2D eigenvalue weighted by molar-refractivity contribution is -0.118. The Balaban J connectivity index is 1.59. The molecular formula is C25H21ClN4O2S. The highest BCUT2D eigenvalue weighted by Crippen LogP contribution is 2.21. The number of para-hydroxylation sites is 1. The molecular weight excluding hydrogens is 456 g/mol. The number of nitrogens with one attached hydrogen (secondary N) is 1. The van der Waals surface area contributed by atoms with E-state index in [2.05, 4.69) is 15.5 Å². The number of hydrogen-bond donors (Lipinski definition) is 1. The molecule has 3 aromatic carbocycles. The number of aromatic nitrogens is 2. The molecule has 1 heterocycles. The summed E-state index contributed by atoms with van der Waals surface area (Å²) in [5.41, 5.74) is 6.08. The summed E-state index contributed by atoms with van der Waals surface area (Å²) < 4.78 is 1.54. The van der Waals surface area contributed by atoms with E-state index in [0.29, 0.717) is 32.5 Å². The molecule has 0 spiro atoms. The molecule has 0 bridgehead atoms. The van der Waals surface area contributed by atoms with Crippen LogP contribution < -0.4 is 11.0 Å².